The molecular formula is C18H18BrN3O3S2. The molecule has 0 aliphatic rings. The van der Waals surface area contributed by atoms with E-state index in [1.165, 1.54) is 31.5 Å². The molecule has 9 heteroatoms. The van der Waals surface area contributed by atoms with E-state index in [9.17, 15) is 13.2 Å². The molecule has 3 rings (SSSR count). The molecule has 1 N–H and O–H groups in total. The second-order valence-electron chi connectivity index (χ2n) is 6.33. The number of carbonyl (C=O) groups excluding carboxylic acids is 1. The van der Waals surface area contributed by atoms with Crippen molar-refractivity contribution in [3.63, 3.8) is 0 Å². The van der Waals surface area contributed by atoms with Crippen molar-refractivity contribution in [2.75, 3.05) is 19.4 Å². The lowest BCUT2D eigenvalue weighted by atomic mass is 10.1. The molecule has 0 aliphatic carbocycles. The Balaban J connectivity index is 1.94. The summed E-state index contributed by atoms with van der Waals surface area (Å²) in [6, 6.07) is 8.54. The van der Waals surface area contributed by atoms with Gasteiger partial charge in [-0.1, -0.05) is 17.4 Å². The zero-order valence-corrected chi connectivity index (χ0v) is 18.4. The molecule has 1 heterocycles. The predicted molar refractivity (Wildman–Crippen MR) is 112 cm³/mol. The van der Waals surface area contributed by atoms with E-state index in [4.69, 9.17) is 0 Å². The van der Waals surface area contributed by atoms with Crippen molar-refractivity contribution in [3.05, 3.63) is 51.5 Å². The summed E-state index contributed by atoms with van der Waals surface area (Å²) in [4.78, 5) is 17.2. The molecule has 0 bridgehead atoms. The largest absolute Gasteiger partial charge is 0.298 e. The van der Waals surface area contributed by atoms with Crippen molar-refractivity contribution in [1.29, 1.82) is 0 Å². The average Bonchev–Trinajstić information content (AvgIpc) is 2.97. The van der Waals surface area contributed by atoms with Crippen molar-refractivity contribution in [2.45, 2.75) is 18.7 Å². The third kappa shape index (κ3) is 3.91. The fraction of sp³-hybridized carbons (Fsp3) is 0.222. The van der Waals surface area contributed by atoms with Crippen molar-refractivity contribution in [1.82, 2.24) is 9.29 Å². The van der Waals surface area contributed by atoms with Gasteiger partial charge in [0, 0.05) is 24.1 Å². The maximum Gasteiger partial charge on any atom is 0.257 e. The van der Waals surface area contributed by atoms with E-state index in [0.717, 1.165) is 25.6 Å². The number of halogens is 1. The van der Waals surface area contributed by atoms with Crippen LogP contribution in [0.25, 0.3) is 10.2 Å². The molecule has 0 aliphatic heterocycles. The number of hydrogen-bond acceptors (Lipinski definition) is 5. The molecule has 0 fully saturated rings. The molecule has 0 saturated heterocycles. The third-order valence-corrected chi connectivity index (χ3v) is 7.73. The minimum atomic E-state index is -3.67. The number of aromatic nitrogens is 1. The number of nitrogens with zero attached hydrogens (tertiary/aromatic N) is 2. The summed E-state index contributed by atoms with van der Waals surface area (Å²) in [6.07, 6.45) is 0. The first-order chi connectivity index (χ1) is 12.6. The normalized spacial score (nSPS) is 11.9. The predicted octanol–water partition coefficient (Wildman–Crippen LogP) is 4.18. The van der Waals surface area contributed by atoms with Crippen LogP contribution in [0.3, 0.4) is 0 Å². The lowest BCUT2D eigenvalue weighted by Gasteiger charge is -2.13. The first-order valence-electron chi connectivity index (χ1n) is 8.01. The van der Waals surface area contributed by atoms with Crippen molar-refractivity contribution < 1.29 is 13.2 Å². The molecule has 0 spiro atoms. The zero-order chi connectivity index (χ0) is 19.9. The van der Waals surface area contributed by atoms with Gasteiger partial charge in [0.2, 0.25) is 10.0 Å². The summed E-state index contributed by atoms with van der Waals surface area (Å²) in [6.45, 7) is 3.99. The Bertz CT molecular complexity index is 1150. The summed E-state index contributed by atoms with van der Waals surface area (Å²) in [7, 11) is -0.785. The van der Waals surface area contributed by atoms with Crippen LogP contribution >= 0.6 is 27.3 Å². The van der Waals surface area contributed by atoms with Gasteiger partial charge in [-0.2, -0.15) is 0 Å². The van der Waals surface area contributed by atoms with E-state index in [2.05, 4.69) is 26.2 Å². The molecule has 3 aromatic rings. The Hall–Kier alpha value is -1.81. The number of thiazole rings is 1. The molecule has 1 aromatic heterocycles. The van der Waals surface area contributed by atoms with Gasteiger partial charge in [-0.05, 0) is 65.2 Å². The molecule has 0 radical (unpaired) electrons. The number of benzene rings is 2. The first-order valence-corrected chi connectivity index (χ1v) is 11.1. The van der Waals surface area contributed by atoms with Crippen LogP contribution < -0.4 is 5.32 Å². The van der Waals surface area contributed by atoms with Crippen LogP contribution in [-0.2, 0) is 10.0 Å². The van der Waals surface area contributed by atoms with Gasteiger partial charge in [0.05, 0.1) is 15.1 Å². The van der Waals surface area contributed by atoms with E-state index < -0.39 is 15.9 Å². The van der Waals surface area contributed by atoms with Gasteiger partial charge in [0.15, 0.2) is 5.13 Å². The number of nitrogens with one attached hydrogen (secondary N) is 1. The minimum Gasteiger partial charge on any atom is -0.298 e. The Morgan fingerprint density at radius 2 is 1.89 bits per heavy atom. The highest BCUT2D eigenvalue weighted by Crippen LogP contribution is 2.30. The Morgan fingerprint density at radius 1 is 1.19 bits per heavy atom. The average molecular weight is 468 g/mol. The van der Waals surface area contributed by atoms with Crippen molar-refractivity contribution >= 4 is 58.5 Å². The molecule has 6 nitrogen and oxygen atoms in total. The number of amides is 1. The van der Waals surface area contributed by atoms with Gasteiger partial charge in [-0.25, -0.2) is 17.7 Å². The molecule has 27 heavy (non-hydrogen) atoms. The third-order valence-electron chi connectivity index (χ3n) is 4.00. The van der Waals surface area contributed by atoms with Gasteiger partial charge in [-0.15, -0.1) is 0 Å². The van der Waals surface area contributed by atoms with Gasteiger partial charge in [0.1, 0.15) is 0 Å². The van der Waals surface area contributed by atoms with Crippen molar-refractivity contribution in [2.24, 2.45) is 0 Å². The molecule has 0 saturated carbocycles. The number of hydrogen-bond donors (Lipinski definition) is 1. The maximum absolute atomic E-state index is 12.6. The van der Waals surface area contributed by atoms with E-state index in [-0.39, 0.29) is 10.5 Å². The van der Waals surface area contributed by atoms with Crippen LogP contribution in [0.1, 0.15) is 21.5 Å². The van der Waals surface area contributed by atoms with Crippen LogP contribution in [0.5, 0.6) is 0 Å². The van der Waals surface area contributed by atoms with Crippen LogP contribution in [0, 0.1) is 13.8 Å². The molecule has 1 amide bonds. The highest BCUT2D eigenvalue weighted by molar-refractivity contribution is 9.10. The van der Waals surface area contributed by atoms with Crippen molar-refractivity contribution in [3.8, 4) is 0 Å². The molecule has 142 valence electrons. The monoisotopic (exact) mass is 467 g/mol. The zero-order valence-electron chi connectivity index (χ0n) is 15.2. The topological polar surface area (TPSA) is 79.4 Å². The second-order valence-corrected chi connectivity index (χ2v) is 10.3. The van der Waals surface area contributed by atoms with Gasteiger partial charge >= 0.3 is 0 Å². The minimum absolute atomic E-state index is 0.0379. The number of rotatable bonds is 4. The van der Waals surface area contributed by atoms with E-state index in [1.54, 1.807) is 12.1 Å². The maximum atomic E-state index is 12.6. The Labute approximate surface area is 170 Å². The lowest BCUT2D eigenvalue weighted by molar-refractivity contribution is 0.102. The number of anilines is 1. The number of sulfonamides is 1. The van der Waals surface area contributed by atoms with E-state index >= 15 is 0 Å². The quantitative estimate of drug-likeness (QED) is 0.623. The molecular weight excluding hydrogens is 450 g/mol. The highest BCUT2D eigenvalue weighted by atomic mass is 79.9. The molecule has 2 aromatic carbocycles. The van der Waals surface area contributed by atoms with Crippen LogP contribution in [-0.4, -0.2) is 37.7 Å². The SMILES string of the molecule is Cc1cc(C)c2nc(NC(=O)c3ccc(Br)c(S(=O)(=O)N(C)C)c3)sc2c1. The summed E-state index contributed by atoms with van der Waals surface area (Å²) in [5.74, 6) is -0.411. The smallest absolute Gasteiger partial charge is 0.257 e. The lowest BCUT2D eigenvalue weighted by Crippen LogP contribution is -2.23. The standard InChI is InChI=1S/C18H18BrN3O3S2/c1-10-7-11(2)16-14(8-10)26-18(20-16)21-17(23)12-5-6-13(19)15(9-12)27(24,25)22(3)4/h5-9H,1-4H3,(H,20,21,23). The summed E-state index contributed by atoms with van der Waals surface area (Å²) in [5, 5.41) is 3.24. The number of carbonyl (C=O) groups is 1. The van der Waals surface area contributed by atoms with Crippen LogP contribution in [0.4, 0.5) is 5.13 Å². The van der Waals surface area contributed by atoms with E-state index in [1.807, 2.05) is 26.0 Å². The first kappa shape index (κ1) is 19.9. The van der Waals surface area contributed by atoms with Crippen LogP contribution in [0.15, 0.2) is 39.7 Å². The van der Waals surface area contributed by atoms with Gasteiger partial charge in [-0.3, -0.25) is 10.1 Å². The Morgan fingerprint density at radius 3 is 2.56 bits per heavy atom. The molecule has 0 unspecified atom stereocenters. The molecule has 0 atom stereocenters. The Kier molecular flexibility index (Phi) is 5.40. The van der Waals surface area contributed by atoms with Gasteiger partial charge in [0.25, 0.3) is 5.91 Å². The highest BCUT2D eigenvalue weighted by Gasteiger charge is 2.22. The second kappa shape index (κ2) is 7.31. The number of aryl methyl sites for hydroxylation is 2. The van der Waals surface area contributed by atoms with E-state index in [0.29, 0.717) is 9.60 Å². The number of fused-ring (bicyclic) bond motifs is 1. The van der Waals surface area contributed by atoms with Gasteiger partial charge < -0.3 is 0 Å². The summed E-state index contributed by atoms with van der Waals surface area (Å²) < 4.78 is 27.4. The summed E-state index contributed by atoms with van der Waals surface area (Å²) in [5.41, 5.74) is 3.27. The summed E-state index contributed by atoms with van der Waals surface area (Å²) >= 11 is 4.63. The van der Waals surface area contributed by atoms with Crippen LogP contribution in [0.2, 0.25) is 0 Å². The fourth-order valence-electron chi connectivity index (χ4n) is 2.63. The fourth-order valence-corrected chi connectivity index (χ4v) is 5.51.